The van der Waals surface area contributed by atoms with E-state index in [0.717, 1.165) is 23.5 Å². The van der Waals surface area contributed by atoms with E-state index in [9.17, 15) is 13.6 Å². The predicted molar refractivity (Wildman–Crippen MR) is 131 cm³/mol. The Morgan fingerprint density at radius 3 is 2.37 bits per heavy atom. The van der Waals surface area contributed by atoms with Gasteiger partial charge in [0.25, 0.3) is 5.82 Å². The molecule has 2 aliphatic carbocycles. The molecule has 1 amide bonds. The summed E-state index contributed by atoms with van der Waals surface area (Å²) in [6, 6.07) is 16.0. The van der Waals surface area contributed by atoms with Crippen LogP contribution >= 0.6 is 0 Å². The number of hydrogen-bond donors (Lipinski definition) is 0. The highest BCUT2D eigenvalue weighted by atomic mass is 19.3. The lowest BCUT2D eigenvalue weighted by atomic mass is 9.67. The highest BCUT2D eigenvalue weighted by Crippen LogP contribution is 2.45. The minimum absolute atomic E-state index is 0.0193. The molecule has 2 heterocycles. The summed E-state index contributed by atoms with van der Waals surface area (Å²) in [5.41, 5.74) is 2.20. The van der Waals surface area contributed by atoms with Gasteiger partial charge in [-0.1, -0.05) is 68.5 Å². The van der Waals surface area contributed by atoms with Crippen molar-refractivity contribution < 1.29 is 22.9 Å². The Kier molecular flexibility index (Phi) is 7.08. The number of carbonyl (C=O) groups excluding carboxylic acids is 1. The molecule has 2 atom stereocenters. The van der Waals surface area contributed by atoms with Gasteiger partial charge in [0.2, 0.25) is 5.92 Å². The van der Waals surface area contributed by atoms with Gasteiger partial charge in [0.15, 0.2) is 6.04 Å². The lowest BCUT2D eigenvalue weighted by Crippen LogP contribution is -2.45. The van der Waals surface area contributed by atoms with Gasteiger partial charge in [0.05, 0.1) is 7.05 Å². The lowest BCUT2D eigenvalue weighted by molar-refractivity contribution is -0.666. The summed E-state index contributed by atoms with van der Waals surface area (Å²) in [5.74, 6) is -0.339. The van der Waals surface area contributed by atoms with Crippen molar-refractivity contribution in [2.45, 2.75) is 76.2 Å². The second-order valence-corrected chi connectivity index (χ2v) is 10.8. The van der Waals surface area contributed by atoms with Crippen LogP contribution in [0.3, 0.4) is 0 Å². The number of cyclic esters (lactones) is 1. The molecule has 188 valence electrons. The summed E-state index contributed by atoms with van der Waals surface area (Å²) in [5, 5.41) is 0. The number of benzene rings is 1. The Morgan fingerprint density at radius 2 is 1.66 bits per heavy atom. The largest absolute Gasteiger partial charge is 0.507 e. The van der Waals surface area contributed by atoms with E-state index in [0.29, 0.717) is 37.2 Å². The molecule has 2 saturated carbocycles. The number of aromatic nitrogens is 1. The van der Waals surface area contributed by atoms with Crippen molar-refractivity contribution in [1.82, 2.24) is 0 Å². The van der Waals surface area contributed by atoms with Gasteiger partial charge in [-0.3, -0.25) is 0 Å². The minimum atomic E-state index is -2.50. The number of rotatable bonds is 6. The van der Waals surface area contributed by atoms with E-state index < -0.39 is 5.92 Å². The van der Waals surface area contributed by atoms with Crippen molar-refractivity contribution in [3.8, 4) is 0 Å². The summed E-state index contributed by atoms with van der Waals surface area (Å²) < 4.78 is 35.5. The normalized spacial score (nSPS) is 24.4. The fraction of sp³-hybridized carbons (Fsp3) is 0.586. The van der Waals surface area contributed by atoms with Crippen molar-refractivity contribution in [3.63, 3.8) is 0 Å². The van der Waals surface area contributed by atoms with E-state index in [-0.39, 0.29) is 25.0 Å². The second kappa shape index (κ2) is 10.2. The quantitative estimate of drug-likeness (QED) is 0.425. The third-order valence-electron chi connectivity index (χ3n) is 8.68. The summed E-state index contributed by atoms with van der Waals surface area (Å²) in [6.45, 7) is 0.327. The van der Waals surface area contributed by atoms with Crippen LogP contribution < -0.4 is 9.47 Å². The fourth-order valence-corrected chi connectivity index (χ4v) is 6.67. The van der Waals surface area contributed by atoms with Crippen LogP contribution in [0.4, 0.5) is 19.4 Å². The molecular formula is C29H37F2N2O2+. The first kappa shape index (κ1) is 24.2. The molecule has 2 unspecified atom stereocenters. The maximum atomic E-state index is 14.0. The van der Waals surface area contributed by atoms with Crippen LogP contribution in [0.5, 0.6) is 0 Å². The molecule has 6 heteroatoms. The molecule has 1 saturated heterocycles. The molecule has 3 aliphatic rings. The molecular weight excluding hydrogens is 446 g/mol. The zero-order valence-electron chi connectivity index (χ0n) is 20.7. The van der Waals surface area contributed by atoms with Gasteiger partial charge in [0, 0.05) is 30.9 Å². The molecule has 0 bridgehead atoms. The minimum Gasteiger partial charge on any atom is -0.426 e. The van der Waals surface area contributed by atoms with Crippen molar-refractivity contribution in [2.24, 2.45) is 24.8 Å². The Hall–Kier alpha value is -2.50. The lowest BCUT2D eigenvalue weighted by Gasteiger charge is -2.39. The van der Waals surface area contributed by atoms with Crippen LogP contribution in [0.15, 0.2) is 48.5 Å². The molecule has 4 nitrogen and oxygen atoms in total. The molecule has 0 N–H and O–H groups in total. The maximum absolute atomic E-state index is 14.0. The number of hydrogen-bond acceptors (Lipinski definition) is 2. The van der Waals surface area contributed by atoms with E-state index >= 15 is 0 Å². The number of halogens is 2. The Balaban J connectivity index is 1.42. The van der Waals surface area contributed by atoms with Crippen LogP contribution in [0, 0.1) is 17.8 Å². The molecule has 1 aromatic carbocycles. The smallest absolute Gasteiger partial charge is 0.426 e. The second-order valence-electron chi connectivity index (χ2n) is 10.8. The number of amides is 1. The third kappa shape index (κ3) is 5.22. The number of nitrogens with zero attached hydrogens (tertiary/aromatic N) is 2. The zero-order valence-corrected chi connectivity index (χ0v) is 20.7. The molecule has 5 rings (SSSR count). The molecule has 0 radical (unpaired) electrons. The Morgan fingerprint density at radius 1 is 0.971 bits per heavy atom. The maximum Gasteiger partial charge on any atom is 0.507 e. The van der Waals surface area contributed by atoms with E-state index in [1.807, 2.05) is 49.5 Å². The van der Waals surface area contributed by atoms with Crippen LogP contribution in [0.2, 0.25) is 0 Å². The van der Waals surface area contributed by atoms with Gasteiger partial charge in [-0.25, -0.2) is 13.3 Å². The third-order valence-corrected chi connectivity index (χ3v) is 8.68. The van der Waals surface area contributed by atoms with E-state index in [1.54, 1.807) is 4.90 Å². The standard InChI is InChI=1S/C29H37F2N2O2/c1-32-24(19-25(21-9-4-2-5-10-21)22-15-17-29(30,31)18-16-22)13-8-14-27(32)33-26(20-35-28(33)34)23-11-6-3-7-12-23/h3,6-8,11-14,21-22,25-26H,2,4-5,9-10,15-20H2,1H3/q+1. The summed E-state index contributed by atoms with van der Waals surface area (Å²) >= 11 is 0. The van der Waals surface area contributed by atoms with E-state index in [1.165, 1.54) is 32.1 Å². The Bertz CT molecular complexity index is 1010. The first-order valence-electron chi connectivity index (χ1n) is 13.3. The topological polar surface area (TPSA) is 33.4 Å². The summed E-state index contributed by atoms with van der Waals surface area (Å²) in [7, 11) is 2.02. The van der Waals surface area contributed by atoms with Gasteiger partial charge >= 0.3 is 6.09 Å². The molecule has 2 aromatic rings. The average Bonchev–Trinajstić information content (AvgIpc) is 3.26. The van der Waals surface area contributed by atoms with Crippen molar-refractivity contribution >= 4 is 11.9 Å². The average molecular weight is 484 g/mol. The van der Waals surface area contributed by atoms with Gasteiger partial charge < -0.3 is 4.74 Å². The number of anilines is 1. The first-order valence-corrected chi connectivity index (χ1v) is 13.3. The van der Waals surface area contributed by atoms with E-state index in [4.69, 9.17) is 4.74 Å². The molecule has 0 spiro atoms. The van der Waals surface area contributed by atoms with Gasteiger partial charge in [-0.15, -0.1) is 4.90 Å². The molecule has 1 aromatic heterocycles. The molecule has 3 fully saturated rings. The Labute approximate surface area is 207 Å². The van der Waals surface area contributed by atoms with Crippen LogP contribution in [-0.4, -0.2) is 18.6 Å². The van der Waals surface area contributed by atoms with E-state index in [2.05, 4.69) is 10.6 Å². The van der Waals surface area contributed by atoms with Crippen LogP contribution in [0.1, 0.15) is 75.1 Å². The zero-order chi connectivity index (χ0) is 24.4. The van der Waals surface area contributed by atoms with Crippen molar-refractivity contribution in [2.75, 3.05) is 11.5 Å². The molecule has 1 aliphatic heterocycles. The number of carbonyl (C=O) groups is 1. The SMILES string of the molecule is C[n+]1c(CC(C2CCCCC2)C2CCC(F)(F)CC2)cccc1N1C(=O)OCC1c1ccccc1. The van der Waals surface area contributed by atoms with Crippen LogP contribution in [-0.2, 0) is 18.2 Å². The fourth-order valence-electron chi connectivity index (χ4n) is 6.67. The summed E-state index contributed by atoms with van der Waals surface area (Å²) in [4.78, 5) is 14.6. The number of pyridine rings is 1. The monoisotopic (exact) mass is 483 g/mol. The highest BCUT2D eigenvalue weighted by Gasteiger charge is 2.45. The van der Waals surface area contributed by atoms with Gasteiger partial charge in [-0.2, -0.15) is 4.79 Å². The van der Waals surface area contributed by atoms with Crippen molar-refractivity contribution in [1.29, 1.82) is 0 Å². The first-order chi connectivity index (χ1) is 16.9. The molecule has 35 heavy (non-hydrogen) atoms. The van der Waals surface area contributed by atoms with Crippen LogP contribution in [0.25, 0.3) is 0 Å². The highest BCUT2D eigenvalue weighted by molar-refractivity contribution is 5.88. The summed E-state index contributed by atoms with van der Waals surface area (Å²) in [6.07, 6.45) is 7.99. The van der Waals surface area contributed by atoms with Gasteiger partial charge in [0.1, 0.15) is 12.3 Å². The van der Waals surface area contributed by atoms with Crippen molar-refractivity contribution in [3.05, 3.63) is 59.8 Å². The number of alkyl halides is 2. The van der Waals surface area contributed by atoms with Gasteiger partial charge in [-0.05, 0) is 36.7 Å². The number of ether oxygens (including phenoxy) is 1. The predicted octanol–water partition coefficient (Wildman–Crippen LogP) is 6.77.